The van der Waals surface area contributed by atoms with E-state index in [2.05, 4.69) is 20.4 Å². The lowest BCUT2D eigenvalue weighted by molar-refractivity contribution is -0.125. The van der Waals surface area contributed by atoms with E-state index in [4.69, 9.17) is 4.74 Å². The standard InChI is InChI=1S/C14H20N4O2/c1-10-2-3-13(17-16-10)18-7-11(8-18)6-15-14(19)12-4-5-20-9-12/h2-3,11-12H,4-9H2,1H3,(H,15,19). The minimum Gasteiger partial charge on any atom is -0.381 e. The van der Waals surface area contributed by atoms with E-state index >= 15 is 0 Å². The van der Waals surface area contributed by atoms with Gasteiger partial charge in [0.25, 0.3) is 0 Å². The van der Waals surface area contributed by atoms with Gasteiger partial charge in [-0.3, -0.25) is 4.79 Å². The SMILES string of the molecule is Cc1ccc(N2CC(CNC(=O)C3CCOC3)C2)nn1. The Morgan fingerprint density at radius 2 is 2.30 bits per heavy atom. The van der Waals surface area contributed by atoms with Crippen molar-refractivity contribution in [2.45, 2.75) is 13.3 Å². The summed E-state index contributed by atoms with van der Waals surface area (Å²) in [5, 5.41) is 11.2. The number of carbonyl (C=O) groups excluding carboxylic acids is 1. The van der Waals surface area contributed by atoms with Gasteiger partial charge in [-0.1, -0.05) is 0 Å². The Balaban J connectivity index is 1.40. The van der Waals surface area contributed by atoms with E-state index in [1.54, 1.807) is 0 Å². The van der Waals surface area contributed by atoms with Gasteiger partial charge in [-0.2, -0.15) is 5.10 Å². The number of ether oxygens (including phenoxy) is 1. The highest BCUT2D eigenvalue weighted by Crippen LogP contribution is 2.21. The topological polar surface area (TPSA) is 67.4 Å². The van der Waals surface area contributed by atoms with Crippen LogP contribution in [-0.2, 0) is 9.53 Å². The molecule has 2 aliphatic rings. The highest BCUT2D eigenvalue weighted by Gasteiger charge is 2.29. The van der Waals surface area contributed by atoms with E-state index < -0.39 is 0 Å². The first-order valence-corrected chi connectivity index (χ1v) is 7.13. The molecule has 6 nitrogen and oxygen atoms in total. The zero-order chi connectivity index (χ0) is 13.9. The van der Waals surface area contributed by atoms with Crippen molar-refractivity contribution < 1.29 is 9.53 Å². The number of hydrogen-bond acceptors (Lipinski definition) is 5. The second-order valence-corrected chi connectivity index (χ2v) is 5.61. The summed E-state index contributed by atoms with van der Waals surface area (Å²) in [6, 6.07) is 3.96. The summed E-state index contributed by atoms with van der Waals surface area (Å²) in [5.41, 5.74) is 0.928. The van der Waals surface area contributed by atoms with Crippen LogP contribution in [0.3, 0.4) is 0 Å². The molecule has 0 saturated carbocycles. The Hall–Kier alpha value is -1.69. The van der Waals surface area contributed by atoms with Crippen LogP contribution in [0.2, 0.25) is 0 Å². The maximum atomic E-state index is 11.9. The predicted octanol–water partition coefficient (Wildman–Crippen LogP) is 0.374. The molecule has 0 aromatic carbocycles. The number of nitrogens with zero attached hydrogens (tertiary/aromatic N) is 3. The number of amides is 1. The van der Waals surface area contributed by atoms with Gasteiger partial charge in [-0.15, -0.1) is 5.10 Å². The summed E-state index contributed by atoms with van der Waals surface area (Å²) in [7, 11) is 0. The third-order valence-electron chi connectivity index (χ3n) is 3.93. The summed E-state index contributed by atoms with van der Waals surface area (Å²) in [4.78, 5) is 14.0. The number of nitrogens with one attached hydrogen (secondary N) is 1. The normalized spacial score (nSPS) is 22.6. The van der Waals surface area contributed by atoms with Crippen molar-refractivity contribution >= 4 is 11.7 Å². The molecule has 6 heteroatoms. The van der Waals surface area contributed by atoms with Crippen molar-refractivity contribution in [1.82, 2.24) is 15.5 Å². The van der Waals surface area contributed by atoms with Crippen molar-refractivity contribution in [2.75, 3.05) is 37.7 Å². The summed E-state index contributed by atoms with van der Waals surface area (Å²) in [6.07, 6.45) is 0.849. The molecule has 1 aromatic heterocycles. The lowest BCUT2D eigenvalue weighted by Gasteiger charge is -2.40. The van der Waals surface area contributed by atoms with Crippen molar-refractivity contribution in [3.05, 3.63) is 17.8 Å². The summed E-state index contributed by atoms with van der Waals surface area (Å²) in [5.74, 6) is 1.61. The van der Waals surface area contributed by atoms with E-state index in [0.717, 1.165) is 37.6 Å². The highest BCUT2D eigenvalue weighted by atomic mass is 16.5. The Morgan fingerprint density at radius 1 is 1.45 bits per heavy atom. The first-order valence-electron chi connectivity index (χ1n) is 7.13. The van der Waals surface area contributed by atoms with Gasteiger partial charge in [-0.05, 0) is 25.5 Å². The van der Waals surface area contributed by atoms with Gasteiger partial charge < -0.3 is 15.0 Å². The maximum Gasteiger partial charge on any atom is 0.225 e. The highest BCUT2D eigenvalue weighted by molar-refractivity contribution is 5.79. The zero-order valence-corrected chi connectivity index (χ0v) is 11.7. The average molecular weight is 276 g/mol. The molecule has 3 heterocycles. The van der Waals surface area contributed by atoms with Crippen molar-refractivity contribution in [2.24, 2.45) is 11.8 Å². The van der Waals surface area contributed by atoms with Crippen LogP contribution in [0.15, 0.2) is 12.1 Å². The molecule has 20 heavy (non-hydrogen) atoms. The van der Waals surface area contributed by atoms with E-state index in [1.807, 2.05) is 19.1 Å². The predicted molar refractivity (Wildman–Crippen MR) is 74.4 cm³/mol. The third-order valence-corrected chi connectivity index (χ3v) is 3.93. The first kappa shape index (κ1) is 13.3. The maximum absolute atomic E-state index is 11.9. The molecule has 0 spiro atoms. The fourth-order valence-electron chi connectivity index (χ4n) is 2.58. The van der Waals surface area contributed by atoms with Crippen molar-refractivity contribution in [3.63, 3.8) is 0 Å². The van der Waals surface area contributed by atoms with Gasteiger partial charge >= 0.3 is 0 Å². The molecule has 1 aromatic rings. The smallest absolute Gasteiger partial charge is 0.225 e. The van der Waals surface area contributed by atoms with E-state index in [9.17, 15) is 4.79 Å². The fraction of sp³-hybridized carbons (Fsp3) is 0.643. The Labute approximate surface area is 118 Å². The van der Waals surface area contributed by atoms with Crippen LogP contribution in [0, 0.1) is 18.8 Å². The molecule has 1 atom stereocenters. The number of anilines is 1. The Bertz CT molecular complexity index is 465. The molecule has 2 saturated heterocycles. The van der Waals surface area contributed by atoms with E-state index in [1.165, 1.54) is 0 Å². The molecule has 1 amide bonds. The molecule has 0 aliphatic carbocycles. The molecule has 2 aliphatic heterocycles. The third kappa shape index (κ3) is 2.90. The van der Waals surface area contributed by atoms with E-state index in [0.29, 0.717) is 19.1 Å². The molecular weight excluding hydrogens is 256 g/mol. The summed E-state index contributed by atoms with van der Waals surface area (Å²) in [6.45, 7) is 5.81. The second kappa shape index (κ2) is 5.75. The monoisotopic (exact) mass is 276 g/mol. The number of rotatable bonds is 4. The summed E-state index contributed by atoms with van der Waals surface area (Å²) >= 11 is 0. The van der Waals surface area contributed by atoms with Gasteiger partial charge in [-0.25, -0.2) is 0 Å². The average Bonchev–Trinajstić information content (AvgIpc) is 2.92. The molecule has 108 valence electrons. The number of aromatic nitrogens is 2. The summed E-state index contributed by atoms with van der Waals surface area (Å²) < 4.78 is 5.23. The fourth-order valence-corrected chi connectivity index (χ4v) is 2.58. The first-order chi connectivity index (χ1) is 9.72. The van der Waals surface area contributed by atoms with Crippen LogP contribution in [0.4, 0.5) is 5.82 Å². The molecule has 0 radical (unpaired) electrons. The van der Waals surface area contributed by atoms with Crippen molar-refractivity contribution in [3.8, 4) is 0 Å². The minimum absolute atomic E-state index is 0.0501. The van der Waals surface area contributed by atoms with Crippen LogP contribution >= 0.6 is 0 Å². The van der Waals surface area contributed by atoms with Crippen LogP contribution < -0.4 is 10.2 Å². The van der Waals surface area contributed by atoms with Crippen LogP contribution in [0.25, 0.3) is 0 Å². The van der Waals surface area contributed by atoms with Crippen LogP contribution in [0.1, 0.15) is 12.1 Å². The zero-order valence-electron chi connectivity index (χ0n) is 11.7. The number of carbonyl (C=O) groups is 1. The van der Waals surface area contributed by atoms with Crippen LogP contribution in [-0.4, -0.2) is 49.0 Å². The molecule has 3 rings (SSSR count). The number of hydrogen-bond donors (Lipinski definition) is 1. The largest absolute Gasteiger partial charge is 0.381 e. The Kier molecular flexibility index (Phi) is 3.82. The van der Waals surface area contributed by atoms with Gasteiger partial charge in [0.2, 0.25) is 5.91 Å². The van der Waals surface area contributed by atoms with E-state index in [-0.39, 0.29) is 11.8 Å². The van der Waals surface area contributed by atoms with Gasteiger partial charge in [0.15, 0.2) is 5.82 Å². The van der Waals surface area contributed by atoms with Crippen molar-refractivity contribution in [1.29, 1.82) is 0 Å². The Morgan fingerprint density at radius 3 is 2.95 bits per heavy atom. The minimum atomic E-state index is 0.0501. The van der Waals surface area contributed by atoms with Gasteiger partial charge in [0.1, 0.15) is 0 Å². The lowest BCUT2D eigenvalue weighted by atomic mass is 9.99. The molecular formula is C14H20N4O2. The second-order valence-electron chi connectivity index (χ2n) is 5.61. The van der Waals surface area contributed by atoms with Crippen LogP contribution in [0.5, 0.6) is 0 Å². The molecule has 1 N–H and O–H groups in total. The lowest BCUT2D eigenvalue weighted by Crippen LogP contribution is -2.52. The van der Waals surface area contributed by atoms with Gasteiger partial charge in [0, 0.05) is 32.2 Å². The molecule has 0 bridgehead atoms. The van der Waals surface area contributed by atoms with Gasteiger partial charge in [0.05, 0.1) is 18.2 Å². The molecule has 1 unspecified atom stereocenters. The quantitative estimate of drug-likeness (QED) is 0.861. The molecule has 2 fully saturated rings. The number of aryl methyl sites for hydroxylation is 1.